The van der Waals surface area contributed by atoms with Gasteiger partial charge in [-0.05, 0) is 46.6 Å². The lowest BCUT2D eigenvalue weighted by atomic mass is 10.2. The number of carbonyl (C=O) groups is 1. The molecule has 24 heavy (non-hydrogen) atoms. The zero-order valence-electron chi connectivity index (χ0n) is 12.7. The molecule has 0 bridgehead atoms. The number of amides is 1. The van der Waals surface area contributed by atoms with E-state index in [1.807, 2.05) is 29.7 Å². The number of imidazole rings is 1. The summed E-state index contributed by atoms with van der Waals surface area (Å²) in [7, 11) is 0. The fourth-order valence-corrected chi connectivity index (χ4v) is 2.65. The molecule has 3 rings (SSSR count). The van der Waals surface area contributed by atoms with Gasteiger partial charge in [0.1, 0.15) is 5.65 Å². The first kappa shape index (κ1) is 16.1. The second kappa shape index (κ2) is 6.40. The number of anilines is 1. The van der Waals surface area contributed by atoms with Crippen LogP contribution in [0.5, 0.6) is 0 Å². The smallest absolute Gasteiger partial charge is 0.271 e. The summed E-state index contributed by atoms with van der Waals surface area (Å²) in [5, 5.41) is 13.5. The number of halogens is 1. The molecule has 122 valence electrons. The van der Waals surface area contributed by atoms with Gasteiger partial charge in [-0.15, -0.1) is 0 Å². The van der Waals surface area contributed by atoms with Gasteiger partial charge in [0.15, 0.2) is 0 Å². The Hall–Kier alpha value is -2.74. The van der Waals surface area contributed by atoms with Crippen LogP contribution in [0.2, 0.25) is 0 Å². The minimum Gasteiger partial charge on any atom is -0.325 e. The molecular formula is C16H13BrN4O3. The second-order valence-electron chi connectivity index (χ2n) is 5.35. The minimum absolute atomic E-state index is 0.0792. The average molecular weight is 389 g/mol. The van der Waals surface area contributed by atoms with Gasteiger partial charge in [-0.3, -0.25) is 14.9 Å². The van der Waals surface area contributed by atoms with Crippen LogP contribution < -0.4 is 5.32 Å². The minimum atomic E-state index is -0.507. The molecule has 0 aliphatic heterocycles. The highest BCUT2D eigenvalue weighted by atomic mass is 79.9. The van der Waals surface area contributed by atoms with E-state index in [1.54, 1.807) is 6.20 Å². The Bertz CT molecular complexity index is 952. The van der Waals surface area contributed by atoms with Crippen LogP contribution in [0.1, 0.15) is 11.3 Å². The lowest BCUT2D eigenvalue weighted by Crippen LogP contribution is -2.15. The number of non-ortho nitro benzene ring substituents is 1. The van der Waals surface area contributed by atoms with Crippen LogP contribution in [0.15, 0.2) is 47.2 Å². The van der Waals surface area contributed by atoms with Crippen molar-refractivity contribution in [1.82, 2.24) is 9.38 Å². The zero-order chi connectivity index (χ0) is 17.3. The molecule has 3 aromatic rings. The normalized spacial score (nSPS) is 10.8. The van der Waals surface area contributed by atoms with E-state index in [-0.39, 0.29) is 18.0 Å². The standard InChI is InChI=1S/C16H13BrN4O3/c1-10-4-5-20-9-11(18-15(20)6-10)7-16(22)19-14-8-12(21(23)24)2-3-13(14)17/h2-6,8-9H,7H2,1H3,(H,19,22). The molecule has 0 aliphatic carbocycles. The van der Waals surface area contributed by atoms with Crippen molar-refractivity contribution in [2.45, 2.75) is 13.3 Å². The number of hydrogen-bond acceptors (Lipinski definition) is 4. The molecular weight excluding hydrogens is 376 g/mol. The number of carbonyl (C=O) groups excluding carboxylic acids is 1. The number of nitrogens with one attached hydrogen (secondary N) is 1. The maximum absolute atomic E-state index is 12.2. The molecule has 1 aromatic carbocycles. The first-order chi connectivity index (χ1) is 11.4. The summed E-state index contributed by atoms with van der Waals surface area (Å²) in [5.41, 5.74) is 2.75. The van der Waals surface area contributed by atoms with Gasteiger partial charge < -0.3 is 9.72 Å². The molecule has 8 heteroatoms. The van der Waals surface area contributed by atoms with Crippen LogP contribution in [0.3, 0.4) is 0 Å². The highest BCUT2D eigenvalue weighted by Crippen LogP contribution is 2.27. The van der Waals surface area contributed by atoms with Crippen LogP contribution in [0.25, 0.3) is 5.65 Å². The fraction of sp³-hybridized carbons (Fsp3) is 0.125. The molecule has 0 saturated carbocycles. The number of benzene rings is 1. The number of nitro benzene ring substituents is 1. The van der Waals surface area contributed by atoms with Crippen LogP contribution in [-0.4, -0.2) is 20.2 Å². The van der Waals surface area contributed by atoms with Gasteiger partial charge in [-0.1, -0.05) is 0 Å². The molecule has 7 nitrogen and oxygen atoms in total. The van der Waals surface area contributed by atoms with Crippen molar-refractivity contribution in [3.05, 3.63) is 68.6 Å². The van der Waals surface area contributed by atoms with Gasteiger partial charge in [0.25, 0.3) is 5.69 Å². The number of pyridine rings is 1. The van der Waals surface area contributed by atoms with Crippen molar-refractivity contribution in [3.8, 4) is 0 Å². The molecule has 0 aliphatic rings. The number of aromatic nitrogens is 2. The second-order valence-corrected chi connectivity index (χ2v) is 6.20. The number of fused-ring (bicyclic) bond motifs is 1. The third-order valence-electron chi connectivity index (χ3n) is 3.44. The molecule has 0 spiro atoms. The Morgan fingerprint density at radius 1 is 1.38 bits per heavy atom. The largest absolute Gasteiger partial charge is 0.325 e. The van der Waals surface area contributed by atoms with Crippen molar-refractivity contribution >= 4 is 38.9 Å². The quantitative estimate of drug-likeness (QED) is 0.546. The van der Waals surface area contributed by atoms with Crippen LogP contribution >= 0.6 is 15.9 Å². The maximum Gasteiger partial charge on any atom is 0.271 e. The van der Waals surface area contributed by atoms with E-state index in [1.165, 1.54) is 18.2 Å². The summed E-state index contributed by atoms with van der Waals surface area (Å²) in [6, 6.07) is 8.10. The van der Waals surface area contributed by atoms with Crippen LogP contribution in [0.4, 0.5) is 11.4 Å². The summed E-state index contributed by atoms with van der Waals surface area (Å²) >= 11 is 3.27. The summed E-state index contributed by atoms with van der Waals surface area (Å²) in [6.07, 6.45) is 3.75. The van der Waals surface area contributed by atoms with E-state index >= 15 is 0 Å². The molecule has 0 unspecified atom stereocenters. The Morgan fingerprint density at radius 3 is 2.92 bits per heavy atom. The predicted molar refractivity (Wildman–Crippen MR) is 93.1 cm³/mol. The molecule has 0 fully saturated rings. The monoisotopic (exact) mass is 388 g/mol. The van der Waals surface area contributed by atoms with Gasteiger partial charge in [-0.25, -0.2) is 4.98 Å². The molecule has 1 amide bonds. The predicted octanol–water partition coefficient (Wildman–Crippen LogP) is 3.49. The number of nitrogens with zero attached hydrogens (tertiary/aromatic N) is 3. The lowest BCUT2D eigenvalue weighted by molar-refractivity contribution is -0.384. The average Bonchev–Trinajstić information content (AvgIpc) is 2.90. The van der Waals surface area contributed by atoms with E-state index < -0.39 is 4.92 Å². The molecule has 0 radical (unpaired) electrons. The molecule has 0 atom stereocenters. The fourth-order valence-electron chi connectivity index (χ4n) is 2.30. The highest BCUT2D eigenvalue weighted by molar-refractivity contribution is 9.10. The third kappa shape index (κ3) is 3.43. The number of hydrogen-bond donors (Lipinski definition) is 1. The Morgan fingerprint density at radius 2 is 2.17 bits per heavy atom. The van der Waals surface area contributed by atoms with E-state index in [0.717, 1.165) is 11.2 Å². The molecule has 0 saturated heterocycles. The Balaban J connectivity index is 1.77. The lowest BCUT2D eigenvalue weighted by Gasteiger charge is -2.06. The van der Waals surface area contributed by atoms with E-state index in [0.29, 0.717) is 15.9 Å². The Kier molecular flexibility index (Phi) is 4.30. The first-order valence-electron chi connectivity index (χ1n) is 7.10. The van der Waals surface area contributed by atoms with Gasteiger partial charge in [0.2, 0.25) is 5.91 Å². The van der Waals surface area contributed by atoms with E-state index in [2.05, 4.69) is 26.2 Å². The van der Waals surface area contributed by atoms with Crippen molar-refractivity contribution in [1.29, 1.82) is 0 Å². The highest BCUT2D eigenvalue weighted by Gasteiger charge is 2.13. The van der Waals surface area contributed by atoms with Gasteiger partial charge in [-0.2, -0.15) is 0 Å². The van der Waals surface area contributed by atoms with Crippen molar-refractivity contribution < 1.29 is 9.72 Å². The van der Waals surface area contributed by atoms with Gasteiger partial charge in [0, 0.05) is 29.0 Å². The molecule has 2 heterocycles. The number of nitro groups is 1. The summed E-state index contributed by atoms with van der Waals surface area (Å²) in [5.74, 6) is -0.295. The van der Waals surface area contributed by atoms with Crippen molar-refractivity contribution in [3.63, 3.8) is 0 Å². The SMILES string of the molecule is Cc1ccn2cc(CC(=O)Nc3cc([N+](=O)[O-])ccc3Br)nc2c1. The summed E-state index contributed by atoms with van der Waals surface area (Å²) in [6.45, 7) is 1.97. The molecule has 2 aromatic heterocycles. The Labute approximate surface area is 145 Å². The van der Waals surface area contributed by atoms with E-state index in [9.17, 15) is 14.9 Å². The maximum atomic E-state index is 12.2. The topological polar surface area (TPSA) is 89.5 Å². The molecule has 1 N–H and O–H groups in total. The van der Waals surface area contributed by atoms with Crippen LogP contribution in [-0.2, 0) is 11.2 Å². The summed E-state index contributed by atoms with van der Waals surface area (Å²) in [4.78, 5) is 26.9. The van der Waals surface area contributed by atoms with Gasteiger partial charge in [0.05, 0.1) is 22.7 Å². The van der Waals surface area contributed by atoms with Gasteiger partial charge >= 0.3 is 0 Å². The first-order valence-corrected chi connectivity index (χ1v) is 7.90. The number of aryl methyl sites for hydroxylation is 1. The van der Waals surface area contributed by atoms with E-state index in [4.69, 9.17) is 0 Å². The number of rotatable bonds is 4. The van der Waals surface area contributed by atoms with Crippen molar-refractivity contribution in [2.75, 3.05) is 5.32 Å². The third-order valence-corrected chi connectivity index (χ3v) is 4.13. The van der Waals surface area contributed by atoms with Crippen LogP contribution in [0, 0.1) is 17.0 Å². The summed E-state index contributed by atoms with van der Waals surface area (Å²) < 4.78 is 2.42. The van der Waals surface area contributed by atoms with Crippen molar-refractivity contribution in [2.24, 2.45) is 0 Å². The zero-order valence-corrected chi connectivity index (χ0v) is 14.3.